The normalized spacial score (nSPS) is 15.0. The molecule has 0 N–H and O–H groups in total. The van der Waals surface area contributed by atoms with E-state index in [1.807, 2.05) is 0 Å². The van der Waals surface area contributed by atoms with Crippen molar-refractivity contribution in [3.8, 4) is 0 Å². The third-order valence-electron chi connectivity index (χ3n) is 7.37. The van der Waals surface area contributed by atoms with Gasteiger partial charge >= 0.3 is 0 Å². The molecule has 1 heteroatoms. The second-order valence-corrected chi connectivity index (χ2v) is 14.8. The molecule has 176 valence electrons. The molecule has 0 bridgehead atoms. The van der Waals surface area contributed by atoms with Crippen molar-refractivity contribution < 1.29 is 0 Å². The van der Waals surface area contributed by atoms with Gasteiger partial charge in [0.05, 0.1) is 24.1 Å². The molecule has 0 aliphatic heterocycles. The van der Waals surface area contributed by atoms with Gasteiger partial charge in [0.25, 0.3) is 0 Å². The maximum Gasteiger partial charge on any atom is 0.0720 e. The number of hydrogen-bond acceptors (Lipinski definition) is 0. The molecule has 0 saturated heterocycles. The van der Waals surface area contributed by atoms with Crippen LogP contribution < -0.4 is 0 Å². The molecule has 2 atom stereocenters. The minimum Gasteiger partial charge on any atom is -0.0654 e. The highest BCUT2D eigenvalue weighted by Gasteiger charge is 2.43. The maximum atomic E-state index is 2.57. The summed E-state index contributed by atoms with van der Waals surface area (Å²) in [6, 6.07) is 0. The molecule has 0 aliphatic rings. The zero-order valence-electron chi connectivity index (χ0n) is 21.7. The van der Waals surface area contributed by atoms with Crippen LogP contribution in [-0.2, 0) is 0 Å². The van der Waals surface area contributed by atoms with Gasteiger partial charge in [-0.25, -0.2) is 0 Å². The lowest BCUT2D eigenvalue weighted by Gasteiger charge is -2.37. The molecule has 0 nitrogen and oxygen atoms in total. The van der Waals surface area contributed by atoms with E-state index < -0.39 is 7.26 Å². The van der Waals surface area contributed by atoms with E-state index in [0.29, 0.717) is 0 Å². The lowest BCUT2D eigenvalue weighted by atomic mass is 10.0. The van der Waals surface area contributed by atoms with Crippen LogP contribution in [0, 0.1) is 5.92 Å². The number of unbranched alkanes of at least 4 members (excludes halogenated alkanes) is 13. The Morgan fingerprint density at radius 3 is 1.28 bits per heavy atom. The van der Waals surface area contributed by atoms with Crippen LogP contribution >= 0.6 is 7.26 Å². The van der Waals surface area contributed by atoms with Gasteiger partial charge in [-0.3, -0.25) is 0 Å². The SMILES string of the molecule is CCCCCCCCCC[P+](CC)(CCCCCC)C(CCCCCC)C(C)C. The number of rotatable bonds is 22. The topological polar surface area (TPSA) is 0 Å². The molecule has 0 heterocycles. The second kappa shape index (κ2) is 20.3. The van der Waals surface area contributed by atoms with Gasteiger partial charge in [0.1, 0.15) is 0 Å². The summed E-state index contributed by atoms with van der Waals surface area (Å²) in [4.78, 5) is 0. The van der Waals surface area contributed by atoms with Crippen molar-refractivity contribution in [1.82, 2.24) is 0 Å². The van der Waals surface area contributed by atoms with Gasteiger partial charge in [0.15, 0.2) is 0 Å². The fourth-order valence-corrected chi connectivity index (χ4v) is 11.1. The fourth-order valence-electron chi connectivity index (χ4n) is 5.43. The van der Waals surface area contributed by atoms with Gasteiger partial charge in [-0.15, -0.1) is 0 Å². The molecule has 0 aromatic carbocycles. The van der Waals surface area contributed by atoms with Gasteiger partial charge in [0.2, 0.25) is 0 Å². The molecule has 0 fully saturated rings. The summed E-state index contributed by atoms with van der Waals surface area (Å²) in [5.41, 5.74) is 1.05. The summed E-state index contributed by atoms with van der Waals surface area (Å²) >= 11 is 0. The Morgan fingerprint density at radius 2 is 0.862 bits per heavy atom. The van der Waals surface area contributed by atoms with E-state index in [9.17, 15) is 0 Å². The van der Waals surface area contributed by atoms with Crippen molar-refractivity contribution in [1.29, 1.82) is 0 Å². The Hall–Kier alpha value is 0.430. The Morgan fingerprint density at radius 1 is 0.483 bits per heavy atom. The van der Waals surface area contributed by atoms with E-state index in [0.717, 1.165) is 11.6 Å². The zero-order valence-corrected chi connectivity index (χ0v) is 22.6. The fraction of sp³-hybridized carbons (Fsp3) is 1.00. The predicted molar refractivity (Wildman–Crippen MR) is 141 cm³/mol. The van der Waals surface area contributed by atoms with Crippen molar-refractivity contribution in [2.24, 2.45) is 5.92 Å². The van der Waals surface area contributed by atoms with Gasteiger partial charge < -0.3 is 0 Å². The first-order valence-electron chi connectivity index (χ1n) is 13.9. The third-order valence-corrected chi connectivity index (χ3v) is 13.3. The van der Waals surface area contributed by atoms with Crippen molar-refractivity contribution in [2.75, 3.05) is 18.5 Å². The molecule has 2 unspecified atom stereocenters. The van der Waals surface area contributed by atoms with Crippen LogP contribution in [0.15, 0.2) is 0 Å². The Labute approximate surface area is 188 Å². The first-order chi connectivity index (χ1) is 14.1. The zero-order chi connectivity index (χ0) is 21.8. The van der Waals surface area contributed by atoms with Gasteiger partial charge in [-0.1, -0.05) is 105 Å². The minimum atomic E-state index is -0.798. The van der Waals surface area contributed by atoms with E-state index in [-0.39, 0.29) is 0 Å². The summed E-state index contributed by atoms with van der Waals surface area (Å²) in [7, 11) is -0.798. The van der Waals surface area contributed by atoms with Crippen molar-refractivity contribution in [2.45, 2.75) is 156 Å². The first kappa shape index (κ1) is 29.4. The van der Waals surface area contributed by atoms with Crippen LogP contribution in [-0.4, -0.2) is 24.1 Å². The van der Waals surface area contributed by atoms with E-state index in [4.69, 9.17) is 0 Å². The van der Waals surface area contributed by atoms with Crippen LogP contribution in [0.2, 0.25) is 0 Å². The molecular weight excluding hydrogens is 367 g/mol. The van der Waals surface area contributed by atoms with E-state index in [2.05, 4.69) is 41.5 Å². The molecule has 0 aliphatic carbocycles. The van der Waals surface area contributed by atoms with Crippen LogP contribution in [0.3, 0.4) is 0 Å². The molecule has 0 rings (SSSR count). The molecule has 0 amide bonds. The van der Waals surface area contributed by atoms with Crippen LogP contribution in [0.4, 0.5) is 0 Å². The molecule has 0 aromatic heterocycles. The maximum absolute atomic E-state index is 2.57. The van der Waals surface area contributed by atoms with E-state index in [1.54, 1.807) is 12.3 Å². The highest BCUT2D eigenvalue weighted by molar-refractivity contribution is 7.76. The standard InChI is InChI=1S/C28H60P/c1-7-11-14-17-18-19-20-23-26-29(10-4,25-22-16-13-9-3)28(27(5)6)24-21-15-12-8-2/h27-28H,7-26H2,1-6H3/q+1. The van der Waals surface area contributed by atoms with Crippen LogP contribution in [0.5, 0.6) is 0 Å². The average Bonchev–Trinajstić information content (AvgIpc) is 2.72. The lowest BCUT2D eigenvalue weighted by molar-refractivity contribution is 0.518. The van der Waals surface area contributed by atoms with E-state index >= 15 is 0 Å². The van der Waals surface area contributed by atoms with Crippen LogP contribution in [0.25, 0.3) is 0 Å². The quantitative estimate of drug-likeness (QED) is 0.119. The highest BCUT2D eigenvalue weighted by Crippen LogP contribution is 2.67. The Bertz CT molecular complexity index is 324. The smallest absolute Gasteiger partial charge is 0.0654 e. The van der Waals surface area contributed by atoms with Crippen molar-refractivity contribution in [3.63, 3.8) is 0 Å². The van der Waals surface area contributed by atoms with Crippen molar-refractivity contribution >= 4 is 7.26 Å². The summed E-state index contributed by atoms with van der Waals surface area (Å²) in [6.07, 6.45) is 29.6. The van der Waals surface area contributed by atoms with Gasteiger partial charge in [-0.2, -0.15) is 0 Å². The molecular formula is C28H60P+. The number of hydrogen-bond donors (Lipinski definition) is 0. The summed E-state index contributed by atoms with van der Waals surface area (Å²) in [5.74, 6) is 0.894. The summed E-state index contributed by atoms with van der Waals surface area (Å²) < 4.78 is 0. The molecule has 0 radical (unpaired) electrons. The minimum absolute atomic E-state index is 0.798. The molecule has 29 heavy (non-hydrogen) atoms. The summed E-state index contributed by atoms with van der Waals surface area (Å²) in [5, 5.41) is 0. The molecule has 0 spiro atoms. The Balaban J connectivity index is 4.76. The van der Waals surface area contributed by atoms with Gasteiger partial charge in [0, 0.05) is 7.26 Å². The average molecular weight is 428 g/mol. The molecule has 0 aromatic rings. The lowest BCUT2D eigenvalue weighted by Crippen LogP contribution is -2.26. The predicted octanol–water partition coefficient (Wildman–Crippen LogP) is 10.7. The Kier molecular flexibility index (Phi) is 20.6. The monoisotopic (exact) mass is 427 g/mol. The van der Waals surface area contributed by atoms with Gasteiger partial charge in [-0.05, 0) is 51.4 Å². The first-order valence-corrected chi connectivity index (χ1v) is 16.3. The summed E-state index contributed by atoms with van der Waals surface area (Å²) in [6.45, 7) is 14.7. The van der Waals surface area contributed by atoms with E-state index in [1.165, 1.54) is 115 Å². The van der Waals surface area contributed by atoms with Crippen molar-refractivity contribution in [3.05, 3.63) is 0 Å². The third kappa shape index (κ3) is 14.2. The second-order valence-electron chi connectivity index (χ2n) is 10.2. The highest BCUT2D eigenvalue weighted by atomic mass is 31.2. The molecule has 0 saturated carbocycles. The largest absolute Gasteiger partial charge is 0.0720 e. The van der Waals surface area contributed by atoms with Crippen LogP contribution in [0.1, 0.15) is 151 Å².